The number of fused-ring (bicyclic) bond motifs is 1. The molecule has 96 valence electrons. The van der Waals surface area contributed by atoms with E-state index >= 15 is 0 Å². The van der Waals surface area contributed by atoms with E-state index in [1.807, 2.05) is 22.8 Å². The minimum Gasteiger partial charge on any atom is -0.396 e. The molecule has 1 aliphatic carbocycles. The zero-order chi connectivity index (χ0) is 13.4. The first kappa shape index (κ1) is 11.6. The number of nitrogen functional groups attached to an aromatic ring is 1. The molecule has 0 bridgehead atoms. The first-order valence-electron chi connectivity index (χ1n) is 5.92. The largest absolute Gasteiger partial charge is 0.396 e. The van der Waals surface area contributed by atoms with Crippen LogP contribution in [0.2, 0.25) is 0 Å². The number of aliphatic hydroxyl groups is 1. The van der Waals surface area contributed by atoms with Crippen LogP contribution in [0, 0.1) is 17.2 Å². The predicted molar refractivity (Wildman–Crippen MR) is 67.8 cm³/mol. The summed E-state index contributed by atoms with van der Waals surface area (Å²) in [6.45, 7) is 0.125. The second kappa shape index (κ2) is 4.33. The summed E-state index contributed by atoms with van der Waals surface area (Å²) in [6, 6.07) is 2.04. The van der Waals surface area contributed by atoms with Gasteiger partial charge in [0.2, 0.25) is 5.95 Å². The van der Waals surface area contributed by atoms with E-state index in [-0.39, 0.29) is 30.2 Å². The van der Waals surface area contributed by atoms with E-state index in [4.69, 9.17) is 16.1 Å². The highest BCUT2D eigenvalue weighted by Crippen LogP contribution is 2.30. The van der Waals surface area contributed by atoms with E-state index in [1.54, 1.807) is 6.33 Å². The van der Waals surface area contributed by atoms with E-state index in [2.05, 4.69) is 15.0 Å². The zero-order valence-electron chi connectivity index (χ0n) is 10.1. The summed E-state index contributed by atoms with van der Waals surface area (Å²) in [7, 11) is 0. The number of hydrogen-bond donors (Lipinski definition) is 2. The van der Waals surface area contributed by atoms with Gasteiger partial charge in [-0.3, -0.25) is 0 Å². The van der Waals surface area contributed by atoms with E-state index in [0.717, 1.165) is 6.42 Å². The topological polar surface area (TPSA) is 114 Å². The zero-order valence-corrected chi connectivity index (χ0v) is 10.1. The molecule has 0 saturated heterocycles. The smallest absolute Gasteiger partial charge is 0.223 e. The van der Waals surface area contributed by atoms with Crippen LogP contribution in [-0.2, 0) is 0 Å². The van der Waals surface area contributed by atoms with E-state index in [9.17, 15) is 0 Å². The third-order valence-electron chi connectivity index (χ3n) is 3.29. The van der Waals surface area contributed by atoms with Crippen LogP contribution >= 0.6 is 0 Å². The molecule has 2 aromatic heterocycles. The summed E-state index contributed by atoms with van der Waals surface area (Å²) in [6.07, 6.45) is 6.40. The van der Waals surface area contributed by atoms with Gasteiger partial charge in [-0.05, 0) is 6.42 Å². The maximum atomic E-state index is 9.16. The molecule has 0 radical (unpaired) electrons. The second-order valence-electron chi connectivity index (χ2n) is 4.50. The number of hydrogen-bond acceptors (Lipinski definition) is 6. The Morgan fingerprint density at radius 2 is 2.32 bits per heavy atom. The monoisotopic (exact) mass is 256 g/mol. The van der Waals surface area contributed by atoms with Gasteiger partial charge >= 0.3 is 0 Å². The average Bonchev–Trinajstić information content (AvgIpc) is 3.03. The van der Waals surface area contributed by atoms with Crippen LogP contribution in [0.3, 0.4) is 0 Å². The molecule has 3 rings (SSSR count). The lowest BCUT2D eigenvalue weighted by Crippen LogP contribution is -2.08. The Morgan fingerprint density at radius 1 is 1.47 bits per heavy atom. The van der Waals surface area contributed by atoms with Gasteiger partial charge in [-0.1, -0.05) is 12.2 Å². The summed E-state index contributed by atoms with van der Waals surface area (Å²) in [5.74, 6) is 0.212. The SMILES string of the molecule is N#Cc1nc(N)nc2c1ncn2[C@H]1C=C[C@@H](CO)C1. The van der Waals surface area contributed by atoms with Crippen molar-refractivity contribution >= 4 is 17.1 Å². The highest BCUT2D eigenvalue weighted by molar-refractivity contribution is 5.77. The van der Waals surface area contributed by atoms with Crippen molar-refractivity contribution in [1.82, 2.24) is 19.5 Å². The quantitative estimate of drug-likeness (QED) is 0.751. The fraction of sp³-hybridized carbons (Fsp3) is 0.333. The van der Waals surface area contributed by atoms with Crippen molar-refractivity contribution in [3.8, 4) is 6.07 Å². The summed E-state index contributed by atoms with van der Waals surface area (Å²) in [4.78, 5) is 12.2. The maximum Gasteiger partial charge on any atom is 0.223 e. The van der Waals surface area contributed by atoms with Gasteiger partial charge in [0.15, 0.2) is 11.3 Å². The molecule has 1 aliphatic rings. The molecule has 3 N–H and O–H groups in total. The molecule has 0 amide bonds. The Bertz CT molecular complexity index is 698. The molecular weight excluding hydrogens is 244 g/mol. The van der Waals surface area contributed by atoms with Crippen molar-refractivity contribution < 1.29 is 5.11 Å². The van der Waals surface area contributed by atoms with Crippen molar-refractivity contribution in [3.63, 3.8) is 0 Å². The molecule has 7 heteroatoms. The third-order valence-corrected chi connectivity index (χ3v) is 3.29. The number of nitrogens with zero attached hydrogens (tertiary/aromatic N) is 5. The fourth-order valence-corrected chi connectivity index (χ4v) is 2.35. The Morgan fingerprint density at radius 3 is 3.00 bits per heavy atom. The molecule has 19 heavy (non-hydrogen) atoms. The highest BCUT2D eigenvalue weighted by Gasteiger charge is 2.22. The number of nitrogens with two attached hydrogens (primary N) is 1. The number of aliphatic hydroxyl groups excluding tert-OH is 1. The molecule has 7 nitrogen and oxygen atoms in total. The summed E-state index contributed by atoms with van der Waals surface area (Å²) in [5, 5.41) is 18.2. The Balaban J connectivity index is 2.09. The minimum atomic E-state index is 0.0616. The average molecular weight is 256 g/mol. The van der Waals surface area contributed by atoms with Crippen molar-refractivity contribution in [2.45, 2.75) is 12.5 Å². The van der Waals surface area contributed by atoms with Gasteiger partial charge in [0, 0.05) is 12.5 Å². The molecule has 0 unspecified atom stereocenters. The predicted octanol–water partition coefficient (Wildman–Crippen LogP) is 0.390. The molecule has 0 fully saturated rings. The molecule has 0 spiro atoms. The lowest BCUT2D eigenvalue weighted by atomic mass is 10.1. The first-order chi connectivity index (χ1) is 9.22. The van der Waals surface area contributed by atoms with Crippen molar-refractivity contribution in [1.29, 1.82) is 5.26 Å². The van der Waals surface area contributed by atoms with Gasteiger partial charge in [-0.2, -0.15) is 15.2 Å². The van der Waals surface area contributed by atoms with Crippen LogP contribution in [0.1, 0.15) is 18.2 Å². The van der Waals surface area contributed by atoms with Gasteiger partial charge < -0.3 is 15.4 Å². The number of nitriles is 1. The third kappa shape index (κ3) is 1.82. The van der Waals surface area contributed by atoms with Crippen molar-refractivity contribution in [2.24, 2.45) is 5.92 Å². The summed E-state index contributed by atoms with van der Waals surface area (Å²) >= 11 is 0. The molecule has 0 saturated carbocycles. The number of rotatable bonds is 2. The van der Waals surface area contributed by atoms with Crippen LogP contribution in [0.15, 0.2) is 18.5 Å². The van der Waals surface area contributed by atoms with Gasteiger partial charge in [0.25, 0.3) is 0 Å². The van der Waals surface area contributed by atoms with E-state index in [1.165, 1.54) is 0 Å². The van der Waals surface area contributed by atoms with Gasteiger partial charge in [0.1, 0.15) is 11.6 Å². The van der Waals surface area contributed by atoms with E-state index < -0.39 is 0 Å². The Hall–Kier alpha value is -2.46. The first-order valence-corrected chi connectivity index (χ1v) is 5.92. The Labute approximate surface area is 109 Å². The number of imidazole rings is 1. The molecule has 2 aromatic rings. The van der Waals surface area contributed by atoms with Gasteiger partial charge in [0.05, 0.1) is 12.4 Å². The second-order valence-corrected chi connectivity index (χ2v) is 4.50. The van der Waals surface area contributed by atoms with Gasteiger partial charge in [-0.15, -0.1) is 0 Å². The van der Waals surface area contributed by atoms with Crippen LogP contribution in [0.5, 0.6) is 0 Å². The van der Waals surface area contributed by atoms with Gasteiger partial charge in [-0.25, -0.2) is 4.98 Å². The number of anilines is 1. The summed E-state index contributed by atoms with van der Waals surface area (Å²) < 4.78 is 1.86. The van der Waals surface area contributed by atoms with Crippen molar-refractivity contribution in [3.05, 3.63) is 24.2 Å². The molecular formula is C12H12N6O. The highest BCUT2D eigenvalue weighted by atomic mass is 16.3. The van der Waals surface area contributed by atoms with Crippen LogP contribution in [0.4, 0.5) is 5.95 Å². The van der Waals surface area contributed by atoms with Crippen molar-refractivity contribution in [2.75, 3.05) is 12.3 Å². The Kier molecular flexibility index (Phi) is 2.65. The van der Waals surface area contributed by atoms with Crippen LogP contribution in [-0.4, -0.2) is 31.2 Å². The normalized spacial score (nSPS) is 21.9. The maximum absolute atomic E-state index is 9.16. The standard InChI is InChI=1S/C12H12N6O/c13-4-9-10-11(17-12(14)16-9)18(6-15-10)8-2-1-7(3-8)5-19/h1-2,6-8,19H,3,5H2,(H2,14,16,17)/t7-,8+/m1/s1. The van der Waals surface area contributed by atoms with E-state index in [0.29, 0.717) is 11.2 Å². The molecule has 0 aliphatic heterocycles. The molecule has 2 atom stereocenters. The fourth-order valence-electron chi connectivity index (χ4n) is 2.35. The molecule has 2 heterocycles. The number of aromatic nitrogens is 4. The molecule has 0 aromatic carbocycles. The van der Waals surface area contributed by atoms with Crippen LogP contribution in [0.25, 0.3) is 11.2 Å². The lowest BCUT2D eigenvalue weighted by molar-refractivity contribution is 0.244. The minimum absolute atomic E-state index is 0.0616. The van der Waals surface area contributed by atoms with Crippen LogP contribution < -0.4 is 5.73 Å². The lowest BCUT2D eigenvalue weighted by Gasteiger charge is -2.12. The number of allylic oxidation sites excluding steroid dienone is 1. The summed E-state index contributed by atoms with van der Waals surface area (Å²) in [5.41, 5.74) is 6.80.